The minimum Gasteiger partial charge on any atom is -0.493 e. The van der Waals surface area contributed by atoms with Gasteiger partial charge in [0, 0.05) is 13.1 Å². The molecule has 1 aliphatic rings. The number of likely N-dealkylation sites (N-methyl/N-ethyl adjacent to an activating group) is 1. The largest absolute Gasteiger partial charge is 0.493 e. The van der Waals surface area contributed by atoms with Gasteiger partial charge in [-0.25, -0.2) is 0 Å². The molecule has 1 fully saturated rings. The second kappa shape index (κ2) is 10.1. The Morgan fingerprint density at radius 2 is 1.94 bits per heavy atom. The third kappa shape index (κ3) is 5.05. The van der Waals surface area contributed by atoms with Crippen molar-refractivity contribution in [1.29, 1.82) is 0 Å². The number of nitro groups is 1. The van der Waals surface area contributed by atoms with Crippen molar-refractivity contribution in [2.24, 2.45) is 4.99 Å². The molecule has 0 saturated carbocycles. The number of hydrogen-bond acceptors (Lipinski definition) is 7. The zero-order chi connectivity index (χ0) is 22.4. The molecule has 1 amide bonds. The van der Waals surface area contributed by atoms with Crippen LogP contribution in [0.1, 0.15) is 25.0 Å². The summed E-state index contributed by atoms with van der Waals surface area (Å²) < 4.78 is 11.2. The molecule has 0 radical (unpaired) electrons. The highest BCUT2D eigenvalue weighted by Crippen LogP contribution is 2.39. The van der Waals surface area contributed by atoms with Gasteiger partial charge < -0.3 is 9.47 Å². The average Bonchev–Trinajstić information content (AvgIpc) is 3.07. The number of carbonyl (C=O) groups is 1. The van der Waals surface area contributed by atoms with Crippen molar-refractivity contribution in [1.82, 2.24) is 4.90 Å². The highest BCUT2D eigenvalue weighted by atomic mass is 32.2. The van der Waals surface area contributed by atoms with Crippen molar-refractivity contribution in [3.8, 4) is 11.5 Å². The molecule has 0 N–H and O–H groups in total. The first-order chi connectivity index (χ1) is 15.0. The summed E-state index contributed by atoms with van der Waals surface area (Å²) in [5, 5.41) is 12.3. The Labute approximate surface area is 184 Å². The number of nitrogens with zero attached hydrogens (tertiary/aromatic N) is 3. The fourth-order valence-corrected chi connectivity index (χ4v) is 4.12. The van der Waals surface area contributed by atoms with Crippen molar-refractivity contribution in [2.75, 3.05) is 20.2 Å². The number of benzene rings is 2. The average molecular weight is 442 g/mol. The molecular weight excluding hydrogens is 418 g/mol. The zero-order valence-electron chi connectivity index (χ0n) is 17.5. The Morgan fingerprint density at radius 3 is 2.55 bits per heavy atom. The summed E-state index contributed by atoms with van der Waals surface area (Å²) in [5.41, 5.74) is 1.01. The number of ether oxygens (including phenoxy) is 2. The maximum Gasteiger partial charge on any atom is 0.280 e. The number of methoxy groups -OCH3 is 1. The summed E-state index contributed by atoms with van der Waals surface area (Å²) in [4.78, 5) is 30.2. The van der Waals surface area contributed by atoms with Gasteiger partial charge in [0.15, 0.2) is 16.7 Å². The molecule has 162 valence electrons. The molecule has 0 aliphatic carbocycles. The summed E-state index contributed by atoms with van der Waals surface area (Å²) in [6, 6.07) is 12.3. The number of thioether (sulfide) groups is 1. The lowest BCUT2D eigenvalue weighted by atomic mass is 10.1. The molecule has 1 aliphatic heterocycles. The SMILES string of the molecule is CCN=C1S/C(=C/c2cc(OC)c(OCc3ccccc3)cc2[N+](=O)[O-])C(=O)N1CC. The maximum atomic E-state index is 12.7. The predicted octanol–water partition coefficient (Wildman–Crippen LogP) is 4.49. The van der Waals surface area contributed by atoms with E-state index in [-0.39, 0.29) is 29.5 Å². The van der Waals surface area contributed by atoms with Gasteiger partial charge in [0.05, 0.1) is 28.6 Å². The molecule has 2 aromatic rings. The number of nitro benzene ring substituents is 1. The highest BCUT2D eigenvalue weighted by Gasteiger charge is 2.32. The Balaban J connectivity index is 1.97. The van der Waals surface area contributed by atoms with E-state index in [1.165, 1.54) is 37.1 Å². The number of hydrogen-bond donors (Lipinski definition) is 0. The Morgan fingerprint density at radius 1 is 1.19 bits per heavy atom. The van der Waals surface area contributed by atoms with Crippen LogP contribution in [-0.2, 0) is 11.4 Å². The zero-order valence-corrected chi connectivity index (χ0v) is 18.3. The van der Waals surface area contributed by atoms with Gasteiger partial charge >= 0.3 is 0 Å². The van der Waals surface area contributed by atoms with Gasteiger partial charge in [0.2, 0.25) is 0 Å². The molecule has 8 nitrogen and oxygen atoms in total. The first-order valence-electron chi connectivity index (χ1n) is 9.77. The number of amidine groups is 1. The van der Waals surface area contributed by atoms with Gasteiger partial charge in [0.25, 0.3) is 11.6 Å². The van der Waals surface area contributed by atoms with Crippen molar-refractivity contribution in [3.63, 3.8) is 0 Å². The van der Waals surface area contributed by atoms with Gasteiger partial charge in [-0.1, -0.05) is 30.3 Å². The number of rotatable bonds is 8. The van der Waals surface area contributed by atoms with E-state index in [0.29, 0.717) is 28.9 Å². The van der Waals surface area contributed by atoms with Crippen LogP contribution in [0, 0.1) is 10.1 Å². The van der Waals surface area contributed by atoms with Crippen LogP contribution in [0.15, 0.2) is 52.4 Å². The number of carbonyl (C=O) groups excluding carboxylic acids is 1. The smallest absolute Gasteiger partial charge is 0.280 e. The molecule has 0 aromatic heterocycles. The standard InChI is InChI=1S/C22H23N3O5S/c1-4-23-22-24(5-2)21(26)20(31-22)12-16-11-18(29-3)19(13-17(16)25(27)28)30-14-15-9-7-6-8-10-15/h6-13H,4-5,14H2,1-3H3/b20-12+,23-22?. The predicted molar refractivity (Wildman–Crippen MR) is 121 cm³/mol. The van der Waals surface area contributed by atoms with Crippen LogP contribution in [0.2, 0.25) is 0 Å². The van der Waals surface area contributed by atoms with Crippen LogP contribution >= 0.6 is 11.8 Å². The van der Waals surface area contributed by atoms with Gasteiger partial charge in [-0.05, 0) is 43.3 Å². The van der Waals surface area contributed by atoms with Crippen molar-refractivity contribution < 1.29 is 19.2 Å². The van der Waals surface area contributed by atoms with Crippen LogP contribution in [0.3, 0.4) is 0 Å². The first-order valence-corrected chi connectivity index (χ1v) is 10.6. The summed E-state index contributed by atoms with van der Waals surface area (Å²) in [5.74, 6) is 0.380. The fourth-order valence-electron chi connectivity index (χ4n) is 3.03. The van der Waals surface area contributed by atoms with Crippen LogP contribution < -0.4 is 9.47 Å². The van der Waals surface area contributed by atoms with E-state index in [4.69, 9.17) is 9.47 Å². The second-order valence-corrected chi connectivity index (χ2v) is 7.52. The summed E-state index contributed by atoms with van der Waals surface area (Å²) in [6.45, 7) is 5.00. The van der Waals surface area contributed by atoms with Gasteiger partial charge in [-0.3, -0.25) is 24.8 Å². The molecule has 0 bridgehead atoms. The Kier molecular flexibility index (Phi) is 7.30. The molecule has 1 saturated heterocycles. The van der Waals surface area contributed by atoms with Gasteiger partial charge in [-0.15, -0.1) is 0 Å². The Bertz CT molecular complexity index is 1040. The van der Waals surface area contributed by atoms with Crippen LogP contribution in [0.25, 0.3) is 6.08 Å². The van der Waals surface area contributed by atoms with Crippen molar-refractivity contribution >= 4 is 34.6 Å². The lowest BCUT2D eigenvalue weighted by Gasteiger charge is -2.12. The molecule has 31 heavy (non-hydrogen) atoms. The molecule has 0 unspecified atom stereocenters. The minimum absolute atomic E-state index is 0.173. The quantitative estimate of drug-likeness (QED) is 0.340. The topological polar surface area (TPSA) is 94.3 Å². The van der Waals surface area contributed by atoms with Crippen molar-refractivity contribution in [3.05, 3.63) is 68.6 Å². The molecule has 0 atom stereocenters. The lowest BCUT2D eigenvalue weighted by molar-refractivity contribution is -0.385. The summed E-state index contributed by atoms with van der Waals surface area (Å²) >= 11 is 1.21. The molecule has 2 aromatic carbocycles. The van der Waals surface area contributed by atoms with Crippen LogP contribution in [0.5, 0.6) is 11.5 Å². The highest BCUT2D eigenvalue weighted by molar-refractivity contribution is 8.18. The van der Waals surface area contributed by atoms with E-state index in [1.807, 2.05) is 44.2 Å². The van der Waals surface area contributed by atoms with Crippen LogP contribution in [0.4, 0.5) is 5.69 Å². The second-order valence-electron chi connectivity index (χ2n) is 6.51. The van der Waals surface area contributed by atoms with E-state index in [9.17, 15) is 14.9 Å². The number of aliphatic imine (C=N–C) groups is 1. The van der Waals surface area contributed by atoms with E-state index < -0.39 is 4.92 Å². The maximum absolute atomic E-state index is 12.7. The molecule has 1 heterocycles. The minimum atomic E-state index is -0.496. The molecular formula is C22H23N3O5S. The van der Waals surface area contributed by atoms with E-state index in [2.05, 4.69) is 4.99 Å². The van der Waals surface area contributed by atoms with Gasteiger partial charge in [-0.2, -0.15) is 0 Å². The van der Waals surface area contributed by atoms with Crippen molar-refractivity contribution in [2.45, 2.75) is 20.5 Å². The normalized spacial score (nSPS) is 16.2. The third-order valence-corrected chi connectivity index (χ3v) is 5.58. The third-order valence-electron chi connectivity index (χ3n) is 4.53. The van der Waals surface area contributed by atoms with E-state index >= 15 is 0 Å². The van der Waals surface area contributed by atoms with Crippen LogP contribution in [-0.4, -0.2) is 41.1 Å². The van der Waals surface area contributed by atoms with E-state index in [1.54, 1.807) is 4.90 Å². The fraction of sp³-hybridized carbons (Fsp3) is 0.273. The summed E-state index contributed by atoms with van der Waals surface area (Å²) in [6.07, 6.45) is 1.51. The molecule has 9 heteroatoms. The Hall–Kier alpha value is -3.33. The molecule has 3 rings (SSSR count). The van der Waals surface area contributed by atoms with E-state index in [0.717, 1.165) is 5.56 Å². The molecule has 0 spiro atoms. The summed E-state index contributed by atoms with van der Waals surface area (Å²) in [7, 11) is 1.47. The van der Waals surface area contributed by atoms with Gasteiger partial charge in [0.1, 0.15) is 6.61 Å². The number of amides is 1. The monoisotopic (exact) mass is 441 g/mol. The first kappa shape index (κ1) is 22.4. The lowest BCUT2D eigenvalue weighted by Crippen LogP contribution is -2.28.